The molecule has 2 aliphatic heterocycles. The third kappa shape index (κ3) is 3.75. The Kier molecular flexibility index (Phi) is 5.79. The van der Waals surface area contributed by atoms with Gasteiger partial charge in [0.25, 0.3) is 5.91 Å². The lowest BCUT2D eigenvalue weighted by Crippen LogP contribution is -2.45. The van der Waals surface area contributed by atoms with E-state index in [1.165, 1.54) is 4.90 Å². The Balaban J connectivity index is 1.67. The van der Waals surface area contributed by atoms with Crippen LogP contribution in [0.2, 0.25) is 0 Å². The minimum absolute atomic E-state index is 0.0912. The highest BCUT2D eigenvalue weighted by Gasteiger charge is 2.42. The molecule has 24 heavy (non-hydrogen) atoms. The van der Waals surface area contributed by atoms with Gasteiger partial charge in [-0.1, -0.05) is 13.3 Å². The third-order valence-electron chi connectivity index (χ3n) is 4.47. The molecular weight excluding hydrogens is 324 g/mol. The van der Waals surface area contributed by atoms with Gasteiger partial charge >= 0.3 is 0 Å². The zero-order valence-electron chi connectivity index (χ0n) is 14.1. The Morgan fingerprint density at radius 3 is 2.54 bits per heavy atom. The molecule has 130 valence electrons. The van der Waals surface area contributed by atoms with Crippen molar-refractivity contribution in [2.24, 2.45) is 0 Å². The van der Waals surface area contributed by atoms with Crippen LogP contribution in [0, 0.1) is 0 Å². The van der Waals surface area contributed by atoms with Crippen molar-refractivity contribution in [2.75, 3.05) is 36.1 Å². The van der Waals surface area contributed by atoms with Crippen molar-refractivity contribution in [3.63, 3.8) is 0 Å². The van der Waals surface area contributed by atoms with Crippen LogP contribution in [-0.2, 0) is 9.59 Å². The summed E-state index contributed by atoms with van der Waals surface area (Å²) in [6, 6.07) is 6.96. The maximum absolute atomic E-state index is 12.7. The Bertz CT molecular complexity index is 584. The molecular formula is C18H24N2O3S. The van der Waals surface area contributed by atoms with Crippen LogP contribution >= 0.6 is 11.8 Å². The number of amides is 2. The normalized spacial score (nSPS) is 22.2. The van der Waals surface area contributed by atoms with Crippen LogP contribution in [0.5, 0.6) is 5.75 Å². The highest BCUT2D eigenvalue weighted by molar-refractivity contribution is 7.99. The van der Waals surface area contributed by atoms with E-state index in [-0.39, 0.29) is 24.3 Å². The van der Waals surface area contributed by atoms with Crippen molar-refractivity contribution in [1.82, 2.24) is 4.90 Å². The van der Waals surface area contributed by atoms with Gasteiger partial charge in [0.15, 0.2) is 0 Å². The van der Waals surface area contributed by atoms with Gasteiger partial charge in [-0.05, 0) is 30.7 Å². The molecule has 0 aliphatic carbocycles. The smallest absolute Gasteiger partial charge is 0.251 e. The van der Waals surface area contributed by atoms with E-state index < -0.39 is 0 Å². The molecule has 0 spiro atoms. The van der Waals surface area contributed by atoms with E-state index in [0.29, 0.717) is 12.3 Å². The molecule has 0 radical (unpaired) electrons. The molecule has 0 aromatic heterocycles. The molecule has 2 saturated heterocycles. The quantitative estimate of drug-likeness (QED) is 0.584. The average Bonchev–Trinajstić information content (AvgIpc) is 2.91. The Morgan fingerprint density at radius 2 is 1.88 bits per heavy atom. The first-order valence-corrected chi connectivity index (χ1v) is 9.77. The lowest BCUT2D eigenvalue weighted by Gasteiger charge is -2.30. The summed E-state index contributed by atoms with van der Waals surface area (Å²) >= 11 is 1.90. The summed E-state index contributed by atoms with van der Waals surface area (Å²) in [5.41, 5.74) is 0.640. The number of thioether (sulfide) groups is 1. The topological polar surface area (TPSA) is 49.9 Å². The second-order valence-electron chi connectivity index (χ2n) is 6.13. The van der Waals surface area contributed by atoms with Gasteiger partial charge in [-0.2, -0.15) is 11.8 Å². The molecule has 2 amide bonds. The molecule has 0 saturated carbocycles. The summed E-state index contributed by atoms with van der Waals surface area (Å²) in [5.74, 6) is 2.63. The molecule has 3 rings (SSSR count). The second-order valence-corrected chi connectivity index (χ2v) is 7.36. The van der Waals surface area contributed by atoms with Gasteiger partial charge < -0.3 is 4.74 Å². The Hall–Kier alpha value is -1.53. The number of benzene rings is 1. The van der Waals surface area contributed by atoms with Crippen LogP contribution in [-0.4, -0.2) is 54.0 Å². The number of anilines is 1. The van der Waals surface area contributed by atoms with E-state index >= 15 is 0 Å². The van der Waals surface area contributed by atoms with E-state index in [1.807, 2.05) is 23.9 Å². The van der Waals surface area contributed by atoms with E-state index in [2.05, 4.69) is 11.8 Å². The minimum Gasteiger partial charge on any atom is -0.494 e. The summed E-state index contributed by atoms with van der Waals surface area (Å²) in [5, 5.41) is 0. The minimum atomic E-state index is -0.293. The molecule has 2 fully saturated rings. The van der Waals surface area contributed by atoms with Gasteiger partial charge in [-0.25, -0.2) is 4.90 Å². The Labute approximate surface area is 147 Å². The van der Waals surface area contributed by atoms with Gasteiger partial charge in [0, 0.05) is 24.6 Å². The number of nitrogens with zero attached hydrogens (tertiary/aromatic N) is 2. The first-order valence-electron chi connectivity index (χ1n) is 8.62. The summed E-state index contributed by atoms with van der Waals surface area (Å²) in [7, 11) is 0. The number of hydrogen-bond acceptors (Lipinski definition) is 5. The average molecular weight is 348 g/mol. The number of ether oxygens (including phenoxy) is 1. The van der Waals surface area contributed by atoms with Crippen LogP contribution in [0.1, 0.15) is 26.2 Å². The van der Waals surface area contributed by atoms with Gasteiger partial charge in [0.2, 0.25) is 5.91 Å². The zero-order chi connectivity index (χ0) is 16.9. The van der Waals surface area contributed by atoms with Crippen molar-refractivity contribution in [2.45, 2.75) is 32.2 Å². The molecule has 1 atom stereocenters. The van der Waals surface area contributed by atoms with Crippen molar-refractivity contribution in [1.29, 1.82) is 0 Å². The molecule has 5 nitrogen and oxygen atoms in total. The van der Waals surface area contributed by atoms with Crippen LogP contribution < -0.4 is 9.64 Å². The summed E-state index contributed by atoms with van der Waals surface area (Å²) < 4.78 is 5.64. The summed E-state index contributed by atoms with van der Waals surface area (Å²) in [6.07, 6.45) is 2.39. The summed E-state index contributed by atoms with van der Waals surface area (Å²) in [6.45, 7) is 4.57. The lowest BCUT2D eigenvalue weighted by atomic mass is 10.2. The van der Waals surface area contributed by atoms with Crippen LogP contribution in [0.25, 0.3) is 0 Å². The maximum atomic E-state index is 12.7. The van der Waals surface area contributed by atoms with Gasteiger partial charge in [-0.15, -0.1) is 0 Å². The fourth-order valence-electron chi connectivity index (χ4n) is 3.09. The van der Waals surface area contributed by atoms with E-state index in [0.717, 1.165) is 43.2 Å². The highest BCUT2D eigenvalue weighted by Crippen LogP contribution is 2.28. The van der Waals surface area contributed by atoms with E-state index in [4.69, 9.17) is 4.74 Å². The fourth-order valence-corrected chi connectivity index (χ4v) is 4.02. The molecule has 1 aromatic carbocycles. The van der Waals surface area contributed by atoms with Crippen LogP contribution in [0.15, 0.2) is 24.3 Å². The van der Waals surface area contributed by atoms with Crippen molar-refractivity contribution in [3.05, 3.63) is 24.3 Å². The monoisotopic (exact) mass is 348 g/mol. The van der Waals surface area contributed by atoms with Crippen LogP contribution in [0.4, 0.5) is 5.69 Å². The number of carbonyl (C=O) groups excluding carboxylic acids is 2. The predicted octanol–water partition coefficient (Wildman–Crippen LogP) is 2.55. The first-order chi connectivity index (χ1) is 11.7. The third-order valence-corrected chi connectivity index (χ3v) is 5.41. The number of imide groups is 1. The van der Waals surface area contributed by atoms with Crippen molar-refractivity contribution in [3.8, 4) is 5.75 Å². The van der Waals surface area contributed by atoms with E-state index in [1.54, 1.807) is 12.1 Å². The van der Waals surface area contributed by atoms with E-state index in [9.17, 15) is 9.59 Å². The van der Waals surface area contributed by atoms with Gasteiger partial charge in [-0.3, -0.25) is 14.5 Å². The zero-order valence-corrected chi connectivity index (χ0v) is 14.9. The van der Waals surface area contributed by atoms with Gasteiger partial charge in [0.05, 0.1) is 24.8 Å². The van der Waals surface area contributed by atoms with Crippen molar-refractivity contribution < 1.29 is 14.3 Å². The molecule has 0 unspecified atom stereocenters. The molecule has 2 aliphatic rings. The molecule has 1 aromatic rings. The number of carbonyl (C=O) groups is 2. The van der Waals surface area contributed by atoms with Crippen molar-refractivity contribution >= 4 is 29.3 Å². The molecule has 6 heteroatoms. The fraction of sp³-hybridized carbons (Fsp3) is 0.556. The standard InChI is InChI=1S/C18H24N2O3S/c1-2-3-10-23-15-6-4-14(5-7-15)20-17(21)13-16(18(20)22)19-8-11-24-12-9-19/h4-7,16H,2-3,8-13H2,1H3/t16-/m0/s1. The molecule has 0 N–H and O–H groups in total. The molecule has 0 bridgehead atoms. The summed E-state index contributed by atoms with van der Waals surface area (Å²) in [4.78, 5) is 28.6. The van der Waals surface area contributed by atoms with Crippen LogP contribution in [0.3, 0.4) is 0 Å². The second kappa shape index (κ2) is 8.03. The number of hydrogen-bond donors (Lipinski definition) is 0. The largest absolute Gasteiger partial charge is 0.494 e. The Morgan fingerprint density at radius 1 is 1.17 bits per heavy atom. The lowest BCUT2D eigenvalue weighted by molar-refractivity contribution is -0.122. The number of unbranched alkanes of at least 4 members (excludes halogenated alkanes) is 1. The SMILES string of the molecule is CCCCOc1ccc(N2C(=O)C[C@H](N3CCSCC3)C2=O)cc1. The maximum Gasteiger partial charge on any atom is 0.251 e. The number of rotatable bonds is 6. The highest BCUT2D eigenvalue weighted by atomic mass is 32.2. The molecule has 2 heterocycles. The van der Waals surface area contributed by atoms with Gasteiger partial charge in [0.1, 0.15) is 5.75 Å². The predicted molar refractivity (Wildman–Crippen MR) is 96.6 cm³/mol. The first kappa shape index (κ1) is 17.3.